The molecule has 0 radical (unpaired) electrons. The topological polar surface area (TPSA) is 59.6 Å². The number of halogens is 1. The molecule has 0 bridgehead atoms. The molecule has 0 aliphatic heterocycles. The molecule has 2 N–H and O–H groups in total. The third-order valence-electron chi connectivity index (χ3n) is 3.72. The van der Waals surface area contributed by atoms with Crippen molar-refractivity contribution in [2.45, 2.75) is 65.1 Å². The molecular formula is C19H31FN2O3. The monoisotopic (exact) mass is 354 g/mol. The van der Waals surface area contributed by atoms with Crippen molar-refractivity contribution >= 4 is 6.09 Å². The van der Waals surface area contributed by atoms with E-state index < -0.39 is 17.2 Å². The van der Waals surface area contributed by atoms with Crippen LogP contribution in [0.5, 0.6) is 5.75 Å². The quantitative estimate of drug-likeness (QED) is 0.771. The predicted molar refractivity (Wildman–Crippen MR) is 97.4 cm³/mol. The molecule has 0 spiro atoms. The van der Waals surface area contributed by atoms with Crippen LogP contribution in [0.3, 0.4) is 0 Å². The molecule has 0 heterocycles. The average molecular weight is 354 g/mol. The summed E-state index contributed by atoms with van der Waals surface area (Å²) in [5, 5.41) is 6.21. The van der Waals surface area contributed by atoms with E-state index >= 15 is 0 Å². The Kier molecular flexibility index (Phi) is 7.23. The summed E-state index contributed by atoms with van der Waals surface area (Å²) < 4.78 is 24.0. The second-order valence-electron chi connectivity index (χ2n) is 7.83. The molecule has 5 nitrogen and oxygen atoms in total. The first kappa shape index (κ1) is 21.2. The summed E-state index contributed by atoms with van der Waals surface area (Å²) >= 11 is 0. The first-order valence-electron chi connectivity index (χ1n) is 8.51. The fraction of sp³-hybridized carbons (Fsp3) is 0.632. The van der Waals surface area contributed by atoms with Gasteiger partial charge in [0, 0.05) is 11.6 Å². The van der Waals surface area contributed by atoms with Crippen molar-refractivity contribution in [3.05, 3.63) is 29.6 Å². The van der Waals surface area contributed by atoms with Gasteiger partial charge in [0.15, 0.2) is 11.6 Å². The number of methoxy groups -OCH3 is 1. The molecule has 1 aromatic carbocycles. The van der Waals surface area contributed by atoms with E-state index in [0.29, 0.717) is 13.0 Å². The fourth-order valence-corrected chi connectivity index (χ4v) is 2.31. The van der Waals surface area contributed by atoms with E-state index in [1.54, 1.807) is 6.07 Å². The molecule has 0 saturated carbocycles. The molecule has 25 heavy (non-hydrogen) atoms. The number of nitrogens with one attached hydrogen (secondary N) is 2. The molecule has 0 saturated heterocycles. The van der Waals surface area contributed by atoms with E-state index in [1.165, 1.54) is 13.2 Å². The summed E-state index contributed by atoms with van der Waals surface area (Å²) in [6.45, 7) is 12.0. The molecule has 6 heteroatoms. The minimum atomic E-state index is -0.522. The molecule has 0 fully saturated rings. The first-order chi connectivity index (χ1) is 11.4. The van der Waals surface area contributed by atoms with E-state index in [0.717, 1.165) is 5.56 Å². The molecular weight excluding hydrogens is 323 g/mol. The molecule has 142 valence electrons. The van der Waals surface area contributed by atoms with Crippen LogP contribution in [-0.2, 0) is 4.74 Å². The van der Waals surface area contributed by atoms with Gasteiger partial charge in [0.1, 0.15) is 5.60 Å². The van der Waals surface area contributed by atoms with Crippen LogP contribution in [0, 0.1) is 5.82 Å². The molecule has 0 aromatic heterocycles. The molecule has 0 aliphatic rings. The van der Waals surface area contributed by atoms with Crippen LogP contribution in [0.25, 0.3) is 0 Å². The number of ether oxygens (including phenoxy) is 2. The van der Waals surface area contributed by atoms with Gasteiger partial charge in [0.2, 0.25) is 0 Å². The van der Waals surface area contributed by atoms with E-state index in [-0.39, 0.29) is 17.6 Å². The smallest absolute Gasteiger partial charge is 0.408 e. The molecule has 1 unspecified atom stereocenters. The van der Waals surface area contributed by atoms with E-state index in [4.69, 9.17) is 9.47 Å². The van der Waals surface area contributed by atoms with Crippen LogP contribution in [0.2, 0.25) is 0 Å². The van der Waals surface area contributed by atoms with Crippen molar-refractivity contribution in [3.63, 3.8) is 0 Å². The number of carbonyl (C=O) groups excluding carboxylic acids is 1. The summed E-state index contributed by atoms with van der Waals surface area (Å²) in [6.07, 6.45) is 0.276. The van der Waals surface area contributed by atoms with Crippen molar-refractivity contribution < 1.29 is 18.7 Å². The van der Waals surface area contributed by atoms with Gasteiger partial charge in [-0.15, -0.1) is 0 Å². The Labute approximate surface area is 150 Å². The number of rotatable bonds is 7. The number of alkyl carbamates (subject to hydrolysis) is 1. The zero-order valence-corrected chi connectivity index (χ0v) is 16.3. The van der Waals surface area contributed by atoms with Gasteiger partial charge in [-0.25, -0.2) is 9.18 Å². The zero-order chi connectivity index (χ0) is 19.3. The maximum atomic E-state index is 13.8. The number of hydrogen-bond acceptors (Lipinski definition) is 4. The van der Waals surface area contributed by atoms with E-state index in [1.807, 2.05) is 47.6 Å². The van der Waals surface area contributed by atoms with Gasteiger partial charge < -0.3 is 20.1 Å². The van der Waals surface area contributed by atoms with Gasteiger partial charge in [-0.05, 0) is 72.2 Å². The summed E-state index contributed by atoms with van der Waals surface area (Å²) in [7, 11) is 1.44. The Hall–Kier alpha value is -1.82. The summed E-state index contributed by atoms with van der Waals surface area (Å²) in [5.41, 5.74) is -0.0952. The van der Waals surface area contributed by atoms with Gasteiger partial charge in [-0.2, -0.15) is 0 Å². The van der Waals surface area contributed by atoms with Crippen LogP contribution in [-0.4, -0.2) is 30.9 Å². The van der Waals surface area contributed by atoms with Crippen molar-refractivity contribution in [2.24, 2.45) is 0 Å². The van der Waals surface area contributed by atoms with E-state index in [2.05, 4.69) is 10.6 Å². The third kappa shape index (κ3) is 7.73. The molecule has 1 amide bonds. The lowest BCUT2D eigenvalue weighted by molar-refractivity contribution is 0.0468. The Bertz CT molecular complexity index is 583. The van der Waals surface area contributed by atoms with Crippen LogP contribution >= 0.6 is 0 Å². The minimum Gasteiger partial charge on any atom is -0.494 e. The highest BCUT2D eigenvalue weighted by Crippen LogP contribution is 2.22. The lowest BCUT2D eigenvalue weighted by atomic mass is 10.0. The van der Waals surface area contributed by atoms with Gasteiger partial charge >= 0.3 is 6.09 Å². The second kappa shape index (κ2) is 8.52. The Balaban J connectivity index is 2.49. The normalized spacial score (nSPS) is 13.3. The van der Waals surface area contributed by atoms with Crippen molar-refractivity contribution in [1.29, 1.82) is 0 Å². The highest BCUT2D eigenvalue weighted by Gasteiger charge is 2.24. The highest BCUT2D eigenvalue weighted by molar-refractivity contribution is 5.68. The fourth-order valence-electron chi connectivity index (χ4n) is 2.31. The number of hydrogen-bond donors (Lipinski definition) is 2. The minimum absolute atomic E-state index is 0.0160. The van der Waals surface area contributed by atoms with Crippen molar-refractivity contribution in [3.8, 4) is 5.75 Å². The maximum absolute atomic E-state index is 13.8. The number of amides is 1. The molecule has 1 rings (SSSR count). The zero-order valence-electron chi connectivity index (χ0n) is 16.3. The van der Waals surface area contributed by atoms with E-state index in [9.17, 15) is 9.18 Å². The van der Waals surface area contributed by atoms with Crippen LogP contribution in [0.15, 0.2) is 18.2 Å². The van der Waals surface area contributed by atoms with Crippen LogP contribution in [0.4, 0.5) is 9.18 Å². The van der Waals surface area contributed by atoms with Crippen LogP contribution < -0.4 is 15.4 Å². The summed E-state index contributed by atoms with van der Waals surface area (Å²) in [6, 6.07) is 4.92. The Morgan fingerprint density at radius 3 is 2.40 bits per heavy atom. The standard InChI is InChI=1S/C19H31FN2O3/c1-13(14-8-9-16(24-7)15(20)12-14)21-11-10-19(5,6)22-17(23)25-18(2,3)4/h8-9,12-13,21H,10-11H2,1-7H3,(H,22,23). The Morgan fingerprint density at radius 1 is 1.24 bits per heavy atom. The molecule has 1 aromatic rings. The summed E-state index contributed by atoms with van der Waals surface area (Å²) in [4.78, 5) is 11.9. The van der Waals surface area contributed by atoms with Crippen LogP contribution in [0.1, 0.15) is 59.6 Å². The third-order valence-corrected chi connectivity index (χ3v) is 3.72. The number of benzene rings is 1. The van der Waals surface area contributed by atoms with Crippen molar-refractivity contribution in [2.75, 3.05) is 13.7 Å². The second-order valence-corrected chi connectivity index (χ2v) is 7.83. The first-order valence-corrected chi connectivity index (χ1v) is 8.51. The molecule has 1 atom stereocenters. The van der Waals surface area contributed by atoms with Gasteiger partial charge in [0.25, 0.3) is 0 Å². The average Bonchev–Trinajstić information content (AvgIpc) is 2.43. The maximum Gasteiger partial charge on any atom is 0.408 e. The SMILES string of the molecule is COc1ccc(C(C)NCCC(C)(C)NC(=O)OC(C)(C)C)cc1F. The highest BCUT2D eigenvalue weighted by atomic mass is 19.1. The van der Waals surface area contributed by atoms with Gasteiger partial charge in [-0.1, -0.05) is 6.07 Å². The van der Waals surface area contributed by atoms with Crippen molar-refractivity contribution in [1.82, 2.24) is 10.6 Å². The lowest BCUT2D eigenvalue weighted by Gasteiger charge is -2.29. The summed E-state index contributed by atoms with van der Waals surface area (Å²) in [5.74, 6) is -0.140. The van der Waals surface area contributed by atoms with Gasteiger partial charge in [-0.3, -0.25) is 0 Å². The molecule has 0 aliphatic carbocycles. The Morgan fingerprint density at radius 2 is 1.88 bits per heavy atom. The van der Waals surface area contributed by atoms with Gasteiger partial charge in [0.05, 0.1) is 7.11 Å². The predicted octanol–water partition coefficient (Wildman–Crippen LogP) is 4.18. The largest absolute Gasteiger partial charge is 0.494 e. The number of carbonyl (C=O) groups is 1. The lowest BCUT2D eigenvalue weighted by Crippen LogP contribution is -2.47.